The van der Waals surface area contributed by atoms with Crippen LogP contribution in [-0.2, 0) is 7.05 Å². The molecule has 0 amide bonds. The molecule has 58 valence electrons. The Hall–Kier alpha value is -0.540. The third kappa shape index (κ3) is 2.01. The zero-order chi connectivity index (χ0) is 6.85. The minimum absolute atomic E-state index is 0. The molecule has 0 saturated carbocycles. The maximum absolute atomic E-state index is 8.99. The SMILES string of the molecule is CC(O)n1cc[n+](C)c1.[Cl-]. The van der Waals surface area contributed by atoms with Crippen LogP contribution in [0.25, 0.3) is 0 Å². The van der Waals surface area contributed by atoms with Crippen molar-refractivity contribution in [3.05, 3.63) is 18.7 Å². The molecule has 0 aliphatic rings. The molecule has 3 nitrogen and oxygen atoms in total. The van der Waals surface area contributed by atoms with Gasteiger partial charge in [-0.3, -0.25) is 0 Å². The van der Waals surface area contributed by atoms with Gasteiger partial charge in [-0.25, -0.2) is 9.13 Å². The Bertz CT molecular complexity index is 197. The second-order valence-electron chi connectivity index (χ2n) is 2.16. The van der Waals surface area contributed by atoms with E-state index in [1.54, 1.807) is 11.5 Å². The first-order valence-corrected chi connectivity index (χ1v) is 2.91. The number of hydrogen-bond donors (Lipinski definition) is 1. The Balaban J connectivity index is 0.000000810. The van der Waals surface area contributed by atoms with E-state index < -0.39 is 6.23 Å². The number of aliphatic hydroxyl groups is 1. The topological polar surface area (TPSA) is 29.0 Å². The molecule has 0 bridgehead atoms. The maximum Gasteiger partial charge on any atom is 0.245 e. The average Bonchev–Trinajstić information content (AvgIpc) is 2.14. The van der Waals surface area contributed by atoms with Crippen molar-refractivity contribution in [3.63, 3.8) is 0 Å². The van der Waals surface area contributed by atoms with Gasteiger partial charge in [0.2, 0.25) is 6.33 Å². The van der Waals surface area contributed by atoms with Gasteiger partial charge >= 0.3 is 0 Å². The molecule has 1 rings (SSSR count). The van der Waals surface area contributed by atoms with Gasteiger partial charge < -0.3 is 17.5 Å². The van der Waals surface area contributed by atoms with Crippen LogP contribution in [0, 0.1) is 0 Å². The quantitative estimate of drug-likeness (QED) is 0.434. The number of aliphatic hydroxyl groups excluding tert-OH is 1. The molecule has 10 heavy (non-hydrogen) atoms. The van der Waals surface area contributed by atoms with Gasteiger partial charge in [0.1, 0.15) is 12.4 Å². The van der Waals surface area contributed by atoms with Crippen molar-refractivity contribution in [1.29, 1.82) is 0 Å². The van der Waals surface area contributed by atoms with E-state index in [0.717, 1.165) is 0 Å². The molecule has 0 aliphatic heterocycles. The highest BCUT2D eigenvalue weighted by molar-refractivity contribution is 4.66. The van der Waals surface area contributed by atoms with Crippen molar-refractivity contribution < 1.29 is 22.1 Å². The largest absolute Gasteiger partial charge is 1.00 e. The van der Waals surface area contributed by atoms with Gasteiger partial charge in [-0.05, 0) is 0 Å². The summed E-state index contributed by atoms with van der Waals surface area (Å²) in [4.78, 5) is 0. The molecule has 0 spiro atoms. The van der Waals surface area contributed by atoms with Gasteiger partial charge in [0, 0.05) is 6.92 Å². The molecule has 1 heterocycles. The van der Waals surface area contributed by atoms with Crippen molar-refractivity contribution in [3.8, 4) is 0 Å². The van der Waals surface area contributed by atoms with Crippen molar-refractivity contribution >= 4 is 0 Å². The van der Waals surface area contributed by atoms with Gasteiger partial charge in [-0.1, -0.05) is 0 Å². The molecule has 0 saturated heterocycles. The van der Waals surface area contributed by atoms with Gasteiger partial charge in [-0.2, -0.15) is 0 Å². The molecule has 1 N–H and O–H groups in total. The molecule has 1 unspecified atom stereocenters. The Morgan fingerprint density at radius 1 is 1.60 bits per heavy atom. The number of nitrogens with zero attached hydrogens (tertiary/aromatic N) is 2. The van der Waals surface area contributed by atoms with Crippen molar-refractivity contribution in [2.24, 2.45) is 7.05 Å². The van der Waals surface area contributed by atoms with Crippen LogP contribution in [0.1, 0.15) is 13.2 Å². The predicted octanol–water partition coefficient (Wildman–Crippen LogP) is -3.17. The Morgan fingerprint density at radius 2 is 2.20 bits per heavy atom. The van der Waals surface area contributed by atoms with Crippen LogP contribution < -0.4 is 17.0 Å². The first-order chi connectivity index (χ1) is 4.20. The van der Waals surface area contributed by atoms with Crippen LogP contribution >= 0.6 is 0 Å². The van der Waals surface area contributed by atoms with Crippen molar-refractivity contribution in [2.75, 3.05) is 0 Å². The summed E-state index contributed by atoms with van der Waals surface area (Å²) in [5.74, 6) is 0. The molecule has 0 fully saturated rings. The Morgan fingerprint density at radius 3 is 2.40 bits per heavy atom. The molecule has 0 aromatic carbocycles. The van der Waals surface area contributed by atoms with Crippen LogP contribution in [-0.4, -0.2) is 9.67 Å². The normalized spacial score (nSPS) is 12.3. The first-order valence-electron chi connectivity index (χ1n) is 2.91. The molecular formula is C6H11ClN2O. The third-order valence-corrected chi connectivity index (χ3v) is 1.22. The molecule has 1 aromatic rings. The summed E-state index contributed by atoms with van der Waals surface area (Å²) in [7, 11) is 1.92. The number of imidazole rings is 1. The Kier molecular flexibility index (Phi) is 3.39. The average molecular weight is 163 g/mol. The van der Waals surface area contributed by atoms with Gasteiger partial charge in [-0.15, -0.1) is 0 Å². The number of rotatable bonds is 1. The van der Waals surface area contributed by atoms with Crippen molar-refractivity contribution in [1.82, 2.24) is 4.57 Å². The van der Waals surface area contributed by atoms with E-state index in [9.17, 15) is 0 Å². The highest BCUT2D eigenvalue weighted by Gasteiger charge is 2.03. The monoisotopic (exact) mass is 162 g/mol. The summed E-state index contributed by atoms with van der Waals surface area (Å²) >= 11 is 0. The predicted molar refractivity (Wildman–Crippen MR) is 32.5 cm³/mol. The van der Waals surface area contributed by atoms with Crippen LogP contribution in [0.15, 0.2) is 18.7 Å². The number of aryl methyl sites for hydroxylation is 1. The van der Waals surface area contributed by atoms with Gasteiger partial charge in [0.15, 0.2) is 6.23 Å². The van der Waals surface area contributed by atoms with Gasteiger partial charge in [0.05, 0.1) is 7.05 Å². The lowest BCUT2D eigenvalue weighted by Crippen LogP contribution is -3.00. The van der Waals surface area contributed by atoms with E-state index in [4.69, 9.17) is 5.11 Å². The molecule has 1 aromatic heterocycles. The standard InChI is InChI=1S/C6H11N2O.ClH/c1-6(9)8-4-3-7(2)5-8;/h3-6,9H,1-2H3;1H/q+1;/p-1. The lowest BCUT2D eigenvalue weighted by Gasteiger charge is -1.94. The smallest absolute Gasteiger partial charge is 0.245 e. The third-order valence-electron chi connectivity index (χ3n) is 1.22. The first kappa shape index (κ1) is 9.46. The van der Waals surface area contributed by atoms with E-state index in [0.29, 0.717) is 0 Å². The molecule has 0 aliphatic carbocycles. The fraction of sp³-hybridized carbons (Fsp3) is 0.500. The zero-order valence-corrected chi connectivity index (χ0v) is 6.78. The summed E-state index contributed by atoms with van der Waals surface area (Å²) in [5, 5.41) is 8.99. The lowest BCUT2D eigenvalue weighted by molar-refractivity contribution is -0.671. The maximum atomic E-state index is 8.99. The molecular weight excluding hydrogens is 152 g/mol. The molecule has 1 atom stereocenters. The lowest BCUT2D eigenvalue weighted by atomic mass is 10.6. The van der Waals surface area contributed by atoms with E-state index in [-0.39, 0.29) is 12.4 Å². The highest BCUT2D eigenvalue weighted by atomic mass is 35.5. The van der Waals surface area contributed by atoms with Crippen LogP contribution in [0.5, 0.6) is 0 Å². The second-order valence-corrected chi connectivity index (χ2v) is 2.16. The minimum atomic E-state index is -0.425. The summed E-state index contributed by atoms with van der Waals surface area (Å²) < 4.78 is 3.60. The van der Waals surface area contributed by atoms with E-state index in [1.807, 2.05) is 30.3 Å². The van der Waals surface area contributed by atoms with E-state index >= 15 is 0 Å². The fourth-order valence-corrected chi connectivity index (χ4v) is 0.690. The molecule has 4 heteroatoms. The van der Waals surface area contributed by atoms with Crippen LogP contribution in [0.3, 0.4) is 0 Å². The van der Waals surface area contributed by atoms with Crippen LogP contribution in [0.4, 0.5) is 0 Å². The summed E-state index contributed by atoms with van der Waals surface area (Å²) in [6.45, 7) is 1.72. The second kappa shape index (κ2) is 3.58. The van der Waals surface area contributed by atoms with E-state index in [1.165, 1.54) is 0 Å². The van der Waals surface area contributed by atoms with Crippen LogP contribution in [0.2, 0.25) is 0 Å². The number of hydrogen-bond acceptors (Lipinski definition) is 1. The Labute approximate surface area is 66.3 Å². The molecule has 0 radical (unpaired) electrons. The fourth-order valence-electron chi connectivity index (χ4n) is 0.690. The summed E-state index contributed by atoms with van der Waals surface area (Å²) in [6, 6.07) is 0. The summed E-state index contributed by atoms with van der Waals surface area (Å²) in [6.07, 6.45) is 5.10. The number of aromatic nitrogens is 2. The van der Waals surface area contributed by atoms with Crippen molar-refractivity contribution in [2.45, 2.75) is 13.2 Å². The summed E-state index contributed by atoms with van der Waals surface area (Å²) in [5.41, 5.74) is 0. The minimum Gasteiger partial charge on any atom is -1.00 e. The number of halogens is 1. The van der Waals surface area contributed by atoms with Gasteiger partial charge in [0.25, 0.3) is 0 Å². The van der Waals surface area contributed by atoms with E-state index in [2.05, 4.69) is 0 Å². The zero-order valence-electron chi connectivity index (χ0n) is 6.03. The highest BCUT2D eigenvalue weighted by Crippen LogP contribution is 1.95.